The Morgan fingerprint density at radius 2 is 0.900 bits per heavy atom. The highest BCUT2D eigenvalue weighted by Crippen LogP contribution is 2.29. The van der Waals surface area contributed by atoms with Crippen LogP contribution in [0.4, 0.5) is 11.4 Å². The summed E-state index contributed by atoms with van der Waals surface area (Å²) in [6.07, 6.45) is 4.05. The Morgan fingerprint density at radius 1 is 0.520 bits per heavy atom. The lowest BCUT2D eigenvalue weighted by Crippen LogP contribution is -2.52. The van der Waals surface area contributed by atoms with Gasteiger partial charge < -0.3 is 19.6 Å². The average molecular weight is 718 g/mol. The molecule has 266 valence electrons. The van der Waals surface area contributed by atoms with E-state index in [1.165, 1.54) is 11.1 Å². The van der Waals surface area contributed by atoms with Gasteiger partial charge in [-0.3, -0.25) is 19.4 Å². The Morgan fingerprint density at radius 3 is 1.28 bits per heavy atom. The molecule has 4 heterocycles. The Balaban J connectivity index is 0.853. The number of hydrogen-bond donors (Lipinski definition) is 0. The SMILES string of the molecule is O=C(C1CCCN(Cc2ccc(CN3CCCC(C(=O)N4CCN(c5ccccc5Cl)CC4)C3)cc2)C1)N1CCN(c2ccccc2Cl)CC1. The number of anilines is 2. The third-order valence-corrected chi connectivity index (χ3v) is 11.8. The van der Waals surface area contributed by atoms with Crippen LogP contribution in [0.5, 0.6) is 0 Å². The van der Waals surface area contributed by atoms with Crippen molar-refractivity contribution in [2.75, 3.05) is 88.3 Å². The van der Waals surface area contributed by atoms with Crippen molar-refractivity contribution in [1.29, 1.82) is 0 Å². The van der Waals surface area contributed by atoms with E-state index in [1.54, 1.807) is 0 Å². The number of para-hydroxylation sites is 2. The fourth-order valence-corrected chi connectivity index (χ4v) is 8.85. The van der Waals surface area contributed by atoms with Crippen molar-refractivity contribution < 1.29 is 9.59 Å². The van der Waals surface area contributed by atoms with Gasteiger partial charge >= 0.3 is 0 Å². The van der Waals surface area contributed by atoms with Crippen LogP contribution in [0, 0.1) is 11.8 Å². The highest BCUT2D eigenvalue weighted by molar-refractivity contribution is 6.33. The maximum absolute atomic E-state index is 13.5. The van der Waals surface area contributed by atoms with Crippen molar-refractivity contribution in [1.82, 2.24) is 19.6 Å². The van der Waals surface area contributed by atoms with Gasteiger partial charge in [0.25, 0.3) is 0 Å². The largest absolute Gasteiger partial charge is 0.367 e. The van der Waals surface area contributed by atoms with Crippen LogP contribution in [-0.4, -0.2) is 110 Å². The number of benzene rings is 3. The van der Waals surface area contributed by atoms with E-state index >= 15 is 0 Å². The Kier molecular flexibility index (Phi) is 11.5. The lowest BCUT2D eigenvalue weighted by molar-refractivity contribution is -0.138. The highest BCUT2D eigenvalue weighted by atomic mass is 35.5. The Bertz CT molecular complexity index is 1490. The molecule has 0 aromatic heterocycles. The molecule has 10 heteroatoms. The van der Waals surface area contributed by atoms with Crippen molar-refractivity contribution in [3.8, 4) is 0 Å². The van der Waals surface area contributed by atoms with Gasteiger partial charge in [0, 0.05) is 78.5 Å². The summed E-state index contributed by atoms with van der Waals surface area (Å²) in [4.78, 5) is 40.7. The van der Waals surface area contributed by atoms with Gasteiger partial charge in [0.15, 0.2) is 0 Å². The molecule has 4 aliphatic heterocycles. The van der Waals surface area contributed by atoms with Crippen LogP contribution in [0.2, 0.25) is 10.0 Å². The summed E-state index contributed by atoms with van der Waals surface area (Å²) in [6, 6.07) is 24.9. The summed E-state index contributed by atoms with van der Waals surface area (Å²) >= 11 is 12.9. The van der Waals surface area contributed by atoms with Gasteiger partial charge in [-0.25, -0.2) is 0 Å². The number of rotatable bonds is 8. The normalized spacial score (nSPS) is 22.5. The second-order valence-electron chi connectivity index (χ2n) is 14.5. The maximum Gasteiger partial charge on any atom is 0.227 e. The zero-order valence-electron chi connectivity index (χ0n) is 29.1. The second-order valence-corrected chi connectivity index (χ2v) is 15.3. The third-order valence-electron chi connectivity index (χ3n) is 11.1. The fourth-order valence-electron chi connectivity index (χ4n) is 8.34. The molecule has 8 nitrogen and oxygen atoms in total. The smallest absolute Gasteiger partial charge is 0.227 e. The highest BCUT2D eigenvalue weighted by Gasteiger charge is 2.33. The fraction of sp³-hybridized carbons (Fsp3) is 0.500. The van der Waals surface area contributed by atoms with Gasteiger partial charge in [-0.15, -0.1) is 0 Å². The zero-order chi connectivity index (χ0) is 34.5. The van der Waals surface area contributed by atoms with Crippen molar-refractivity contribution in [3.63, 3.8) is 0 Å². The molecule has 4 aliphatic rings. The molecule has 0 aliphatic carbocycles. The Labute approximate surface area is 307 Å². The summed E-state index contributed by atoms with van der Waals surface area (Å²) in [6.45, 7) is 11.7. The zero-order valence-corrected chi connectivity index (χ0v) is 30.6. The molecule has 0 spiro atoms. The molecule has 2 atom stereocenters. The number of piperazine rings is 2. The number of carbonyl (C=O) groups is 2. The molecule has 3 aromatic carbocycles. The lowest BCUT2D eigenvalue weighted by Gasteiger charge is -2.40. The summed E-state index contributed by atoms with van der Waals surface area (Å²) in [5.74, 6) is 0.745. The summed E-state index contributed by atoms with van der Waals surface area (Å²) in [5, 5.41) is 1.54. The predicted molar refractivity (Wildman–Crippen MR) is 203 cm³/mol. The standard InChI is InChI=1S/C40H50Cl2N6O2/c41-35-9-1-3-11-37(35)45-19-23-47(24-20-45)39(49)33-7-5-17-43(29-33)27-31-13-15-32(16-14-31)28-44-18-6-8-34(30-44)40(50)48-25-21-46(22-26-48)38-12-4-2-10-36(38)42/h1-4,9-16,33-34H,5-8,17-30H2. The van der Waals surface area contributed by atoms with E-state index in [0.717, 1.165) is 139 Å². The van der Waals surface area contributed by atoms with Crippen LogP contribution in [0.25, 0.3) is 0 Å². The van der Waals surface area contributed by atoms with E-state index in [2.05, 4.69) is 65.8 Å². The first-order chi connectivity index (χ1) is 24.4. The van der Waals surface area contributed by atoms with Crippen molar-refractivity contribution in [2.24, 2.45) is 11.8 Å². The molecule has 2 amide bonds. The van der Waals surface area contributed by atoms with Crippen LogP contribution in [0.3, 0.4) is 0 Å². The van der Waals surface area contributed by atoms with Crippen LogP contribution in [0.1, 0.15) is 36.8 Å². The predicted octanol–water partition coefficient (Wildman–Crippen LogP) is 6.12. The van der Waals surface area contributed by atoms with E-state index < -0.39 is 0 Å². The lowest BCUT2D eigenvalue weighted by atomic mass is 9.95. The molecule has 4 fully saturated rings. The quantitative estimate of drug-likeness (QED) is 0.280. The molecule has 0 radical (unpaired) electrons. The minimum Gasteiger partial charge on any atom is -0.367 e. The van der Waals surface area contributed by atoms with Crippen molar-refractivity contribution in [2.45, 2.75) is 38.8 Å². The first-order valence-electron chi connectivity index (χ1n) is 18.5. The van der Waals surface area contributed by atoms with Crippen LogP contribution in [-0.2, 0) is 22.7 Å². The van der Waals surface area contributed by atoms with Gasteiger partial charge in [0.2, 0.25) is 11.8 Å². The van der Waals surface area contributed by atoms with Crippen LogP contribution < -0.4 is 9.80 Å². The van der Waals surface area contributed by atoms with Gasteiger partial charge in [-0.05, 0) is 74.2 Å². The molecular weight excluding hydrogens is 667 g/mol. The van der Waals surface area contributed by atoms with Crippen molar-refractivity contribution >= 4 is 46.4 Å². The van der Waals surface area contributed by atoms with Crippen molar-refractivity contribution in [3.05, 3.63) is 94.0 Å². The number of piperidine rings is 2. The number of nitrogens with zero attached hydrogens (tertiary/aromatic N) is 6. The second kappa shape index (κ2) is 16.4. The van der Waals surface area contributed by atoms with E-state index in [9.17, 15) is 9.59 Å². The average Bonchev–Trinajstić information content (AvgIpc) is 3.16. The molecular formula is C40H50Cl2N6O2. The molecule has 0 saturated carbocycles. The Hall–Kier alpha value is -3.30. The molecule has 0 N–H and O–H groups in total. The van der Waals surface area contributed by atoms with Gasteiger partial charge in [0.05, 0.1) is 33.3 Å². The third kappa shape index (κ3) is 8.42. The number of carbonyl (C=O) groups excluding carboxylic acids is 2. The van der Waals surface area contributed by atoms with E-state index in [0.29, 0.717) is 11.8 Å². The monoisotopic (exact) mass is 716 g/mol. The number of amides is 2. The topological polar surface area (TPSA) is 53.6 Å². The molecule has 7 rings (SSSR count). The minimum atomic E-state index is 0.0656. The maximum atomic E-state index is 13.5. The number of halogens is 2. The van der Waals surface area contributed by atoms with E-state index in [1.807, 2.05) is 36.4 Å². The molecule has 0 bridgehead atoms. The first-order valence-corrected chi connectivity index (χ1v) is 19.3. The summed E-state index contributed by atoms with van der Waals surface area (Å²) in [7, 11) is 0. The number of likely N-dealkylation sites (tertiary alicyclic amines) is 2. The van der Waals surface area contributed by atoms with Gasteiger partial charge in [-0.1, -0.05) is 71.7 Å². The summed E-state index contributed by atoms with van der Waals surface area (Å²) in [5.41, 5.74) is 4.69. The van der Waals surface area contributed by atoms with E-state index in [4.69, 9.17) is 23.2 Å². The van der Waals surface area contributed by atoms with Crippen LogP contribution in [0.15, 0.2) is 72.8 Å². The molecule has 3 aromatic rings. The van der Waals surface area contributed by atoms with Crippen LogP contribution >= 0.6 is 23.2 Å². The van der Waals surface area contributed by atoms with E-state index in [-0.39, 0.29) is 11.8 Å². The number of hydrogen-bond acceptors (Lipinski definition) is 6. The minimum absolute atomic E-state index is 0.0656. The molecule has 4 saturated heterocycles. The molecule has 2 unspecified atom stereocenters. The van der Waals surface area contributed by atoms with Gasteiger partial charge in [0.1, 0.15) is 0 Å². The first kappa shape index (κ1) is 35.1. The summed E-state index contributed by atoms with van der Waals surface area (Å²) < 4.78 is 0. The van der Waals surface area contributed by atoms with Gasteiger partial charge in [-0.2, -0.15) is 0 Å². The molecule has 50 heavy (non-hydrogen) atoms.